The van der Waals surface area contributed by atoms with Crippen molar-refractivity contribution in [2.24, 2.45) is 0 Å². The Kier molecular flexibility index (Phi) is 5.37. The Bertz CT molecular complexity index is 953. The molecule has 0 N–H and O–H groups in total. The first-order valence-electron chi connectivity index (χ1n) is 8.49. The minimum absolute atomic E-state index is 0.685. The lowest BCUT2D eigenvalue weighted by Crippen LogP contribution is -1.93. The van der Waals surface area contributed by atoms with Crippen LogP contribution in [0.1, 0.15) is 26.0 Å². The maximum absolute atomic E-state index is 5.26. The van der Waals surface area contributed by atoms with E-state index in [2.05, 4.69) is 24.1 Å². The molecule has 0 unspecified atom stereocenters. The fraction of sp³-hybridized carbons (Fsp3) is 0.238. The van der Waals surface area contributed by atoms with Crippen LogP contribution in [0.25, 0.3) is 22.6 Å². The highest BCUT2D eigenvalue weighted by molar-refractivity contribution is 5.79. The second-order valence-corrected chi connectivity index (χ2v) is 5.97. The summed E-state index contributed by atoms with van der Waals surface area (Å²) in [5.74, 6) is 2.42. The van der Waals surface area contributed by atoms with Crippen molar-refractivity contribution in [2.45, 2.75) is 20.3 Å². The van der Waals surface area contributed by atoms with Crippen molar-refractivity contribution in [3.05, 3.63) is 66.3 Å². The Morgan fingerprint density at radius 3 is 2.58 bits per heavy atom. The quantitative estimate of drug-likeness (QED) is 0.603. The molecule has 0 bridgehead atoms. The van der Waals surface area contributed by atoms with Gasteiger partial charge in [-0.1, -0.05) is 6.08 Å². The minimum atomic E-state index is 0.685. The molecule has 2 aromatic heterocycles. The topological polar surface area (TPSA) is 48.7 Å². The monoisotopic (exact) mass is 349 g/mol. The molecule has 0 spiro atoms. The van der Waals surface area contributed by atoms with Gasteiger partial charge in [0.15, 0.2) is 0 Å². The highest BCUT2D eigenvalue weighted by Crippen LogP contribution is 2.30. The zero-order valence-electron chi connectivity index (χ0n) is 15.6. The molecule has 26 heavy (non-hydrogen) atoms. The van der Waals surface area contributed by atoms with Gasteiger partial charge in [0.25, 0.3) is 0 Å². The van der Waals surface area contributed by atoms with Crippen LogP contribution in [0.5, 0.6) is 5.75 Å². The molecule has 3 rings (SSSR count). The third kappa shape index (κ3) is 3.61. The molecule has 0 saturated heterocycles. The predicted octanol–water partition coefficient (Wildman–Crippen LogP) is 4.75. The molecule has 3 aromatic rings. The molecule has 134 valence electrons. The van der Waals surface area contributed by atoms with Gasteiger partial charge in [0.2, 0.25) is 5.78 Å². The zero-order chi connectivity index (χ0) is 18.5. The Labute approximate surface area is 153 Å². The molecule has 0 aliphatic heterocycles. The standard InChI is InChI=1S/C21H23N3O2/c1-15(7-5-8-16(2)25-3)20-19(17-9-11-18(26-4)12-10-17)23-21-22-13-6-14-24(20)21/h6-14H,5H2,1-4H3/b15-7+,16-8+. The summed E-state index contributed by atoms with van der Waals surface area (Å²) in [6, 6.07) is 9.84. The molecule has 1 aromatic carbocycles. The molecule has 5 nitrogen and oxygen atoms in total. The molecule has 0 atom stereocenters. The molecule has 0 aliphatic carbocycles. The van der Waals surface area contributed by atoms with Crippen LogP contribution in [-0.4, -0.2) is 28.6 Å². The molecular formula is C21H23N3O2. The normalized spacial score (nSPS) is 12.5. The second-order valence-electron chi connectivity index (χ2n) is 5.97. The van der Waals surface area contributed by atoms with Crippen LogP contribution in [0, 0.1) is 0 Å². The number of benzene rings is 1. The van der Waals surface area contributed by atoms with E-state index in [4.69, 9.17) is 14.5 Å². The number of ether oxygens (including phenoxy) is 2. The Morgan fingerprint density at radius 2 is 1.88 bits per heavy atom. The van der Waals surface area contributed by atoms with Crippen LogP contribution < -0.4 is 4.74 Å². The number of methoxy groups -OCH3 is 2. The van der Waals surface area contributed by atoms with Crippen molar-refractivity contribution in [1.82, 2.24) is 14.4 Å². The fourth-order valence-electron chi connectivity index (χ4n) is 2.80. The Morgan fingerprint density at radius 1 is 1.12 bits per heavy atom. The molecule has 5 heteroatoms. The number of fused-ring (bicyclic) bond motifs is 1. The van der Waals surface area contributed by atoms with Gasteiger partial charge in [-0.3, -0.25) is 4.40 Å². The number of hydrogen-bond acceptors (Lipinski definition) is 4. The van der Waals surface area contributed by atoms with E-state index in [0.717, 1.165) is 40.5 Å². The van der Waals surface area contributed by atoms with Gasteiger partial charge in [-0.2, -0.15) is 0 Å². The first-order chi connectivity index (χ1) is 12.6. The lowest BCUT2D eigenvalue weighted by atomic mass is 10.0. The van der Waals surface area contributed by atoms with Crippen molar-refractivity contribution in [1.29, 1.82) is 0 Å². The number of aromatic nitrogens is 3. The number of allylic oxidation sites excluding steroid dienone is 4. The average Bonchev–Trinajstić information content (AvgIpc) is 3.07. The van der Waals surface area contributed by atoms with Gasteiger partial charge in [0, 0.05) is 18.0 Å². The van der Waals surface area contributed by atoms with Crippen molar-refractivity contribution in [2.75, 3.05) is 14.2 Å². The maximum Gasteiger partial charge on any atom is 0.234 e. The van der Waals surface area contributed by atoms with E-state index >= 15 is 0 Å². The van der Waals surface area contributed by atoms with E-state index < -0.39 is 0 Å². The van der Waals surface area contributed by atoms with Crippen LogP contribution in [0.2, 0.25) is 0 Å². The summed E-state index contributed by atoms with van der Waals surface area (Å²) in [7, 11) is 3.35. The number of nitrogens with zero attached hydrogens (tertiary/aromatic N) is 3. The number of rotatable bonds is 6. The minimum Gasteiger partial charge on any atom is -0.502 e. The Balaban J connectivity index is 2.08. The van der Waals surface area contributed by atoms with Gasteiger partial charge < -0.3 is 9.47 Å². The maximum atomic E-state index is 5.26. The van der Waals surface area contributed by atoms with E-state index in [1.807, 2.05) is 47.9 Å². The van der Waals surface area contributed by atoms with Crippen molar-refractivity contribution in [3.8, 4) is 17.0 Å². The lowest BCUT2D eigenvalue weighted by molar-refractivity contribution is 0.292. The molecule has 0 saturated carbocycles. The van der Waals surface area contributed by atoms with E-state index in [1.54, 1.807) is 20.4 Å². The molecule has 0 amide bonds. The van der Waals surface area contributed by atoms with E-state index in [-0.39, 0.29) is 0 Å². The summed E-state index contributed by atoms with van der Waals surface area (Å²) in [6.45, 7) is 4.05. The summed E-state index contributed by atoms with van der Waals surface area (Å²) < 4.78 is 12.5. The van der Waals surface area contributed by atoms with Gasteiger partial charge in [-0.05, 0) is 62.2 Å². The van der Waals surface area contributed by atoms with Crippen LogP contribution in [0.3, 0.4) is 0 Å². The van der Waals surface area contributed by atoms with Gasteiger partial charge in [-0.25, -0.2) is 9.97 Å². The number of hydrogen-bond donors (Lipinski definition) is 0. The van der Waals surface area contributed by atoms with Gasteiger partial charge in [0.1, 0.15) is 5.75 Å². The van der Waals surface area contributed by atoms with Crippen LogP contribution >= 0.6 is 0 Å². The van der Waals surface area contributed by atoms with E-state index in [1.165, 1.54) is 0 Å². The van der Waals surface area contributed by atoms with Gasteiger partial charge in [0.05, 0.1) is 31.4 Å². The SMILES string of the molecule is CO/C(C)=C/C/C=C(\C)c1c(-c2ccc(OC)cc2)nc2ncccn12. The largest absolute Gasteiger partial charge is 0.502 e. The van der Waals surface area contributed by atoms with Crippen LogP contribution in [0.15, 0.2) is 60.6 Å². The Hall–Kier alpha value is -3.08. The first kappa shape index (κ1) is 17.7. The second kappa shape index (κ2) is 7.87. The zero-order valence-corrected chi connectivity index (χ0v) is 15.6. The summed E-state index contributed by atoms with van der Waals surface area (Å²) in [5, 5.41) is 0. The average molecular weight is 349 g/mol. The predicted molar refractivity (Wildman–Crippen MR) is 104 cm³/mol. The summed E-state index contributed by atoms with van der Waals surface area (Å²) >= 11 is 0. The molecule has 0 radical (unpaired) electrons. The molecule has 0 fully saturated rings. The smallest absolute Gasteiger partial charge is 0.234 e. The third-order valence-corrected chi connectivity index (χ3v) is 4.29. The third-order valence-electron chi connectivity index (χ3n) is 4.29. The van der Waals surface area contributed by atoms with Crippen LogP contribution in [-0.2, 0) is 4.74 Å². The highest BCUT2D eigenvalue weighted by Gasteiger charge is 2.15. The summed E-state index contributed by atoms with van der Waals surface area (Å²) in [6.07, 6.45) is 8.77. The van der Waals surface area contributed by atoms with Crippen LogP contribution in [0.4, 0.5) is 0 Å². The van der Waals surface area contributed by atoms with Crippen molar-refractivity contribution >= 4 is 11.4 Å². The highest BCUT2D eigenvalue weighted by atomic mass is 16.5. The number of imidazole rings is 1. The lowest BCUT2D eigenvalue weighted by Gasteiger charge is -2.07. The fourth-order valence-corrected chi connectivity index (χ4v) is 2.80. The van der Waals surface area contributed by atoms with Crippen molar-refractivity contribution < 1.29 is 9.47 Å². The summed E-state index contributed by atoms with van der Waals surface area (Å²) in [4.78, 5) is 9.14. The van der Waals surface area contributed by atoms with Crippen molar-refractivity contribution in [3.63, 3.8) is 0 Å². The molecule has 0 aliphatic rings. The van der Waals surface area contributed by atoms with Gasteiger partial charge >= 0.3 is 0 Å². The molecular weight excluding hydrogens is 326 g/mol. The summed E-state index contributed by atoms with van der Waals surface area (Å²) in [5.41, 5.74) is 4.12. The van der Waals surface area contributed by atoms with E-state index in [0.29, 0.717) is 5.78 Å². The molecule has 2 heterocycles. The van der Waals surface area contributed by atoms with Gasteiger partial charge in [-0.15, -0.1) is 0 Å². The first-order valence-corrected chi connectivity index (χ1v) is 8.49. The van der Waals surface area contributed by atoms with E-state index in [9.17, 15) is 0 Å².